The summed E-state index contributed by atoms with van der Waals surface area (Å²) in [5.74, 6) is 0.217. The Bertz CT molecular complexity index is 584. The fraction of sp³-hybridized carbons (Fsp3) is 0.188. The van der Waals surface area contributed by atoms with Gasteiger partial charge in [-0.15, -0.1) is 11.8 Å². The van der Waals surface area contributed by atoms with Crippen LogP contribution >= 0.6 is 11.8 Å². The van der Waals surface area contributed by atoms with E-state index in [0.29, 0.717) is 11.3 Å². The minimum Gasteiger partial charge on any atom is -0.494 e. The predicted molar refractivity (Wildman–Crippen MR) is 78.8 cm³/mol. The lowest BCUT2D eigenvalue weighted by molar-refractivity contribution is -0.116. The first-order valence-electron chi connectivity index (χ1n) is 6.21. The Hall–Kier alpha value is -1.81. The van der Waals surface area contributed by atoms with Crippen LogP contribution in [-0.4, -0.2) is 18.6 Å². The monoisotopic (exact) mass is 290 g/mol. The molecule has 0 bridgehead atoms. The summed E-state index contributed by atoms with van der Waals surface area (Å²) in [5.41, 5.74) is 0.668. The molecular weight excluding hydrogens is 275 g/mol. The Labute approximate surface area is 122 Å². The molecule has 0 amide bonds. The summed E-state index contributed by atoms with van der Waals surface area (Å²) in [5, 5.41) is 0. The number of rotatable bonds is 6. The molecule has 4 heteroatoms. The maximum atomic E-state index is 13.5. The Morgan fingerprint density at radius 2 is 1.95 bits per heavy atom. The molecule has 0 saturated heterocycles. The van der Waals surface area contributed by atoms with E-state index in [4.69, 9.17) is 4.74 Å². The van der Waals surface area contributed by atoms with Gasteiger partial charge in [0.25, 0.3) is 0 Å². The van der Waals surface area contributed by atoms with Gasteiger partial charge in [0, 0.05) is 11.3 Å². The average molecular weight is 290 g/mol. The third-order valence-electron chi connectivity index (χ3n) is 2.76. The van der Waals surface area contributed by atoms with Crippen LogP contribution in [0.5, 0.6) is 5.75 Å². The lowest BCUT2D eigenvalue weighted by Gasteiger charge is -2.05. The topological polar surface area (TPSA) is 26.3 Å². The van der Waals surface area contributed by atoms with Crippen LogP contribution in [-0.2, 0) is 11.2 Å². The molecule has 2 aromatic rings. The summed E-state index contributed by atoms with van der Waals surface area (Å²) in [7, 11) is 1.42. The highest BCUT2D eigenvalue weighted by molar-refractivity contribution is 8.00. The molecule has 0 heterocycles. The molecule has 104 valence electrons. The smallest absolute Gasteiger partial charge is 0.165 e. The molecule has 0 unspecified atom stereocenters. The quantitative estimate of drug-likeness (QED) is 0.758. The highest BCUT2D eigenvalue weighted by atomic mass is 32.2. The lowest BCUT2D eigenvalue weighted by atomic mass is 10.1. The first-order chi connectivity index (χ1) is 9.69. The number of hydrogen-bond donors (Lipinski definition) is 0. The van der Waals surface area contributed by atoms with Crippen molar-refractivity contribution < 1.29 is 13.9 Å². The number of methoxy groups -OCH3 is 1. The summed E-state index contributed by atoms with van der Waals surface area (Å²) < 4.78 is 18.4. The standard InChI is InChI=1S/C16H15FO2S/c1-19-16-8-7-12(10-15(16)17)9-13(18)11-20-14-5-3-2-4-6-14/h2-8,10H,9,11H2,1H3. The van der Waals surface area contributed by atoms with Crippen molar-refractivity contribution >= 4 is 17.5 Å². The van der Waals surface area contributed by atoms with Crippen LogP contribution in [0.15, 0.2) is 53.4 Å². The minimum absolute atomic E-state index is 0.0726. The Kier molecular flexibility index (Phi) is 5.18. The Morgan fingerprint density at radius 3 is 2.60 bits per heavy atom. The fourth-order valence-electron chi connectivity index (χ4n) is 1.78. The second-order valence-electron chi connectivity index (χ2n) is 4.29. The number of halogens is 1. The molecule has 2 nitrogen and oxygen atoms in total. The molecule has 0 radical (unpaired) electrons. The van der Waals surface area contributed by atoms with Gasteiger partial charge in [0.05, 0.1) is 12.9 Å². The van der Waals surface area contributed by atoms with Gasteiger partial charge in [-0.1, -0.05) is 24.3 Å². The van der Waals surface area contributed by atoms with E-state index in [1.165, 1.54) is 24.9 Å². The Morgan fingerprint density at radius 1 is 1.20 bits per heavy atom. The molecule has 0 aliphatic carbocycles. The largest absolute Gasteiger partial charge is 0.494 e. The molecule has 20 heavy (non-hydrogen) atoms. The highest BCUT2D eigenvalue weighted by Crippen LogP contribution is 2.20. The second-order valence-corrected chi connectivity index (χ2v) is 5.33. The summed E-state index contributed by atoms with van der Waals surface area (Å²) in [6.45, 7) is 0. The van der Waals surface area contributed by atoms with E-state index in [-0.39, 0.29) is 18.0 Å². The highest BCUT2D eigenvalue weighted by Gasteiger charge is 2.08. The van der Waals surface area contributed by atoms with Gasteiger partial charge in [0.15, 0.2) is 11.6 Å². The van der Waals surface area contributed by atoms with Gasteiger partial charge < -0.3 is 4.74 Å². The van der Waals surface area contributed by atoms with E-state index < -0.39 is 5.82 Å². The maximum absolute atomic E-state index is 13.5. The van der Waals surface area contributed by atoms with E-state index in [0.717, 1.165) is 4.90 Å². The molecular formula is C16H15FO2S. The third kappa shape index (κ3) is 4.10. The normalized spacial score (nSPS) is 10.3. The van der Waals surface area contributed by atoms with E-state index in [1.54, 1.807) is 12.1 Å². The number of carbonyl (C=O) groups excluding carboxylic acids is 1. The summed E-state index contributed by atoms with van der Waals surface area (Å²) in [6.07, 6.45) is 0.237. The zero-order valence-electron chi connectivity index (χ0n) is 11.1. The third-order valence-corrected chi connectivity index (χ3v) is 3.83. The van der Waals surface area contributed by atoms with Crippen molar-refractivity contribution in [2.24, 2.45) is 0 Å². The summed E-state index contributed by atoms with van der Waals surface area (Å²) in [6, 6.07) is 14.3. The SMILES string of the molecule is COc1ccc(CC(=O)CSc2ccccc2)cc1F. The summed E-state index contributed by atoms with van der Waals surface area (Å²) in [4.78, 5) is 12.9. The average Bonchev–Trinajstić information content (AvgIpc) is 2.46. The predicted octanol–water partition coefficient (Wildman–Crippen LogP) is 3.74. The minimum atomic E-state index is -0.437. The fourth-order valence-corrected chi connectivity index (χ4v) is 2.56. The molecule has 0 spiro atoms. The van der Waals surface area contributed by atoms with Crippen LogP contribution in [0.4, 0.5) is 4.39 Å². The van der Waals surface area contributed by atoms with Crippen molar-refractivity contribution in [3.8, 4) is 5.75 Å². The van der Waals surface area contributed by atoms with Crippen LogP contribution in [0, 0.1) is 5.82 Å². The Balaban J connectivity index is 1.90. The first-order valence-corrected chi connectivity index (χ1v) is 7.19. The number of hydrogen-bond acceptors (Lipinski definition) is 3. The van der Waals surface area contributed by atoms with Crippen LogP contribution in [0.25, 0.3) is 0 Å². The number of carbonyl (C=O) groups is 1. The molecule has 0 aromatic heterocycles. The van der Waals surface area contributed by atoms with Crippen molar-refractivity contribution in [3.05, 3.63) is 59.9 Å². The molecule has 0 aliphatic rings. The summed E-state index contributed by atoms with van der Waals surface area (Å²) >= 11 is 1.49. The van der Waals surface area contributed by atoms with Gasteiger partial charge in [0.2, 0.25) is 0 Å². The van der Waals surface area contributed by atoms with Gasteiger partial charge in [-0.2, -0.15) is 0 Å². The maximum Gasteiger partial charge on any atom is 0.165 e. The van der Waals surface area contributed by atoms with Crippen LogP contribution < -0.4 is 4.74 Å². The van der Waals surface area contributed by atoms with E-state index >= 15 is 0 Å². The number of ether oxygens (including phenoxy) is 1. The van der Waals surface area contributed by atoms with Gasteiger partial charge >= 0.3 is 0 Å². The van der Waals surface area contributed by atoms with Crippen LogP contribution in [0.2, 0.25) is 0 Å². The van der Waals surface area contributed by atoms with E-state index in [1.807, 2.05) is 30.3 Å². The van der Waals surface area contributed by atoms with E-state index in [2.05, 4.69) is 0 Å². The molecule has 0 aliphatic heterocycles. The molecule has 2 rings (SSSR count). The van der Waals surface area contributed by atoms with Crippen LogP contribution in [0.3, 0.4) is 0 Å². The lowest BCUT2D eigenvalue weighted by Crippen LogP contribution is -2.06. The number of ketones is 1. The van der Waals surface area contributed by atoms with Crippen molar-refractivity contribution in [3.63, 3.8) is 0 Å². The van der Waals surface area contributed by atoms with E-state index in [9.17, 15) is 9.18 Å². The number of thioether (sulfide) groups is 1. The van der Waals surface area contributed by atoms with Crippen molar-refractivity contribution in [2.45, 2.75) is 11.3 Å². The zero-order chi connectivity index (χ0) is 14.4. The molecule has 0 saturated carbocycles. The molecule has 0 atom stereocenters. The van der Waals surface area contributed by atoms with Crippen LogP contribution in [0.1, 0.15) is 5.56 Å². The molecule has 2 aromatic carbocycles. The number of benzene rings is 2. The van der Waals surface area contributed by atoms with Crippen molar-refractivity contribution in [1.82, 2.24) is 0 Å². The van der Waals surface area contributed by atoms with Gasteiger partial charge in [-0.05, 0) is 29.8 Å². The van der Waals surface area contributed by atoms with Gasteiger partial charge in [0.1, 0.15) is 5.78 Å². The molecule has 0 fully saturated rings. The van der Waals surface area contributed by atoms with Crippen molar-refractivity contribution in [1.29, 1.82) is 0 Å². The van der Waals surface area contributed by atoms with Gasteiger partial charge in [-0.3, -0.25) is 4.79 Å². The zero-order valence-corrected chi connectivity index (χ0v) is 12.0. The first kappa shape index (κ1) is 14.6. The second kappa shape index (κ2) is 7.10. The molecule has 0 N–H and O–H groups in total. The van der Waals surface area contributed by atoms with Gasteiger partial charge in [-0.25, -0.2) is 4.39 Å². The van der Waals surface area contributed by atoms with Crippen molar-refractivity contribution in [2.75, 3.05) is 12.9 Å². The number of Topliss-reactive ketones (excluding diaryl/α,β-unsaturated/α-hetero) is 1.